The lowest BCUT2D eigenvalue weighted by Gasteiger charge is -2.18. The summed E-state index contributed by atoms with van der Waals surface area (Å²) in [5.74, 6) is -1.71. The molecule has 0 fully saturated rings. The monoisotopic (exact) mass is 295 g/mol. The van der Waals surface area contributed by atoms with E-state index in [4.69, 9.17) is 4.74 Å². The molecule has 0 aliphatic rings. The van der Waals surface area contributed by atoms with Crippen molar-refractivity contribution >= 4 is 0 Å². The Bertz CT molecular complexity index is 631. The quantitative estimate of drug-likeness (QED) is 0.901. The summed E-state index contributed by atoms with van der Waals surface area (Å²) in [5.41, 5.74) is 0.985. The van der Waals surface area contributed by atoms with Gasteiger partial charge < -0.3 is 10.1 Å². The van der Waals surface area contributed by atoms with Crippen LogP contribution in [0.4, 0.5) is 13.2 Å². The van der Waals surface area contributed by atoms with Gasteiger partial charge in [0.1, 0.15) is 11.6 Å². The highest BCUT2D eigenvalue weighted by atomic mass is 19.2. The molecule has 2 rings (SSSR count). The molecular formula is C16H16F3NO. The lowest BCUT2D eigenvalue weighted by atomic mass is 10.1. The van der Waals surface area contributed by atoms with Crippen LogP contribution in [0, 0.1) is 17.5 Å². The normalized spacial score (nSPS) is 12.2. The molecule has 0 saturated carbocycles. The average molecular weight is 295 g/mol. The zero-order valence-corrected chi connectivity index (χ0v) is 11.8. The fourth-order valence-electron chi connectivity index (χ4n) is 2.14. The number of rotatable bonds is 5. The molecule has 0 aliphatic heterocycles. The van der Waals surface area contributed by atoms with Crippen molar-refractivity contribution in [3.05, 3.63) is 65.0 Å². The number of benzene rings is 2. The highest BCUT2D eigenvalue weighted by Crippen LogP contribution is 2.27. The molecule has 0 amide bonds. The molecule has 0 aromatic heterocycles. The van der Waals surface area contributed by atoms with Crippen LogP contribution < -0.4 is 10.1 Å². The second-order valence-corrected chi connectivity index (χ2v) is 4.71. The van der Waals surface area contributed by atoms with Crippen molar-refractivity contribution in [2.24, 2.45) is 0 Å². The van der Waals surface area contributed by atoms with Gasteiger partial charge in [0.2, 0.25) is 0 Å². The minimum Gasteiger partial charge on any atom is -0.496 e. The van der Waals surface area contributed by atoms with Crippen LogP contribution in [0.5, 0.6) is 5.75 Å². The predicted molar refractivity (Wildman–Crippen MR) is 74.6 cm³/mol. The zero-order valence-electron chi connectivity index (χ0n) is 11.8. The summed E-state index contributed by atoms with van der Waals surface area (Å²) in [5, 5.41) is 3.07. The topological polar surface area (TPSA) is 21.3 Å². The molecule has 1 atom stereocenters. The van der Waals surface area contributed by atoms with Crippen LogP contribution in [0.2, 0.25) is 0 Å². The first kappa shape index (κ1) is 15.4. The molecule has 5 heteroatoms. The third kappa shape index (κ3) is 3.55. The summed E-state index contributed by atoms with van der Waals surface area (Å²) in [6, 6.07) is 7.93. The molecule has 21 heavy (non-hydrogen) atoms. The van der Waals surface area contributed by atoms with Crippen LogP contribution >= 0.6 is 0 Å². The molecule has 2 aromatic rings. The third-order valence-corrected chi connectivity index (χ3v) is 3.26. The largest absolute Gasteiger partial charge is 0.496 e. The van der Waals surface area contributed by atoms with Crippen LogP contribution in [-0.4, -0.2) is 7.11 Å². The van der Waals surface area contributed by atoms with Gasteiger partial charge in [-0.25, -0.2) is 13.2 Å². The molecule has 2 aromatic carbocycles. The highest BCUT2D eigenvalue weighted by Gasteiger charge is 2.16. The summed E-state index contributed by atoms with van der Waals surface area (Å²) in [6.07, 6.45) is 0. The first-order valence-corrected chi connectivity index (χ1v) is 6.52. The van der Waals surface area contributed by atoms with Crippen molar-refractivity contribution < 1.29 is 17.9 Å². The van der Waals surface area contributed by atoms with Gasteiger partial charge in [-0.05, 0) is 36.8 Å². The first-order chi connectivity index (χ1) is 10.0. The fourth-order valence-corrected chi connectivity index (χ4v) is 2.14. The van der Waals surface area contributed by atoms with Crippen LogP contribution in [0.25, 0.3) is 0 Å². The van der Waals surface area contributed by atoms with Gasteiger partial charge in [0, 0.05) is 18.2 Å². The minimum atomic E-state index is -0.898. The van der Waals surface area contributed by atoms with Gasteiger partial charge in [0.15, 0.2) is 11.6 Å². The molecule has 0 bridgehead atoms. The summed E-state index contributed by atoms with van der Waals surface area (Å²) in [6.45, 7) is 2.07. The summed E-state index contributed by atoms with van der Waals surface area (Å²) < 4.78 is 45.0. The molecule has 0 saturated heterocycles. The minimum absolute atomic E-state index is 0.288. The smallest absolute Gasteiger partial charge is 0.159 e. The Morgan fingerprint density at radius 1 is 1.05 bits per heavy atom. The SMILES string of the molecule is COc1cccc(F)c1C(C)NCc1ccc(F)c(F)c1. The van der Waals surface area contributed by atoms with Crippen molar-refractivity contribution in [3.8, 4) is 5.75 Å². The van der Waals surface area contributed by atoms with E-state index in [2.05, 4.69) is 5.32 Å². The maximum absolute atomic E-state index is 13.9. The number of hydrogen-bond donors (Lipinski definition) is 1. The number of hydrogen-bond acceptors (Lipinski definition) is 2. The van der Waals surface area contributed by atoms with Crippen LogP contribution in [0.1, 0.15) is 24.1 Å². The van der Waals surface area contributed by atoms with E-state index < -0.39 is 11.6 Å². The molecule has 0 heterocycles. The van der Waals surface area contributed by atoms with Gasteiger partial charge in [-0.2, -0.15) is 0 Å². The Balaban J connectivity index is 2.11. The summed E-state index contributed by atoms with van der Waals surface area (Å²) in [4.78, 5) is 0. The number of methoxy groups -OCH3 is 1. The summed E-state index contributed by atoms with van der Waals surface area (Å²) >= 11 is 0. The molecule has 0 spiro atoms. The van der Waals surface area contributed by atoms with Gasteiger partial charge >= 0.3 is 0 Å². The lowest BCUT2D eigenvalue weighted by molar-refractivity contribution is 0.393. The van der Waals surface area contributed by atoms with E-state index in [1.165, 1.54) is 19.2 Å². The molecule has 0 aliphatic carbocycles. The average Bonchev–Trinajstić information content (AvgIpc) is 2.47. The number of ether oxygens (including phenoxy) is 1. The van der Waals surface area contributed by atoms with E-state index in [0.29, 0.717) is 16.9 Å². The van der Waals surface area contributed by atoms with E-state index >= 15 is 0 Å². The Hall–Kier alpha value is -2.01. The van der Waals surface area contributed by atoms with Crippen molar-refractivity contribution in [1.29, 1.82) is 0 Å². The van der Waals surface area contributed by atoms with E-state index in [1.807, 2.05) is 0 Å². The van der Waals surface area contributed by atoms with E-state index in [1.54, 1.807) is 19.1 Å². The van der Waals surface area contributed by atoms with Crippen LogP contribution in [0.3, 0.4) is 0 Å². The first-order valence-electron chi connectivity index (χ1n) is 6.52. The highest BCUT2D eigenvalue weighted by molar-refractivity contribution is 5.37. The van der Waals surface area contributed by atoms with E-state index in [0.717, 1.165) is 12.1 Å². The van der Waals surface area contributed by atoms with Crippen molar-refractivity contribution in [2.75, 3.05) is 7.11 Å². The molecule has 1 N–H and O–H groups in total. The van der Waals surface area contributed by atoms with Gasteiger partial charge in [-0.15, -0.1) is 0 Å². The fraction of sp³-hybridized carbons (Fsp3) is 0.250. The Kier molecular flexibility index (Phi) is 4.85. The Morgan fingerprint density at radius 2 is 1.81 bits per heavy atom. The molecule has 1 unspecified atom stereocenters. The van der Waals surface area contributed by atoms with Crippen molar-refractivity contribution in [3.63, 3.8) is 0 Å². The summed E-state index contributed by atoms with van der Waals surface area (Å²) in [7, 11) is 1.47. The maximum atomic E-state index is 13.9. The Labute approximate surface area is 121 Å². The van der Waals surface area contributed by atoms with Gasteiger partial charge in [-0.1, -0.05) is 12.1 Å². The zero-order chi connectivity index (χ0) is 15.4. The second kappa shape index (κ2) is 6.63. The van der Waals surface area contributed by atoms with Crippen molar-refractivity contribution in [2.45, 2.75) is 19.5 Å². The number of halogens is 3. The second-order valence-electron chi connectivity index (χ2n) is 4.71. The standard InChI is InChI=1S/C16H16F3NO/c1-10(16-13(18)4-3-5-15(16)21-2)20-9-11-6-7-12(17)14(19)8-11/h3-8,10,20H,9H2,1-2H3. The maximum Gasteiger partial charge on any atom is 0.159 e. The predicted octanol–water partition coefficient (Wildman–Crippen LogP) is 3.96. The molecule has 2 nitrogen and oxygen atoms in total. The van der Waals surface area contributed by atoms with E-state index in [9.17, 15) is 13.2 Å². The van der Waals surface area contributed by atoms with Crippen molar-refractivity contribution in [1.82, 2.24) is 5.32 Å². The number of nitrogens with one attached hydrogen (secondary N) is 1. The molecule has 112 valence electrons. The Morgan fingerprint density at radius 3 is 2.48 bits per heavy atom. The third-order valence-electron chi connectivity index (χ3n) is 3.26. The molecular weight excluding hydrogens is 279 g/mol. The van der Waals surface area contributed by atoms with Crippen LogP contribution in [0.15, 0.2) is 36.4 Å². The van der Waals surface area contributed by atoms with E-state index in [-0.39, 0.29) is 18.4 Å². The van der Waals surface area contributed by atoms with Crippen LogP contribution in [-0.2, 0) is 6.54 Å². The van der Waals surface area contributed by atoms with Gasteiger partial charge in [0.25, 0.3) is 0 Å². The molecule has 0 radical (unpaired) electrons. The van der Waals surface area contributed by atoms with Gasteiger partial charge in [-0.3, -0.25) is 0 Å². The lowest BCUT2D eigenvalue weighted by Crippen LogP contribution is -2.20. The van der Waals surface area contributed by atoms with Gasteiger partial charge in [0.05, 0.1) is 7.11 Å².